The molecule has 0 radical (unpaired) electrons. The van der Waals surface area contributed by atoms with E-state index < -0.39 is 0 Å². The van der Waals surface area contributed by atoms with Gasteiger partial charge in [0, 0.05) is 12.1 Å². The van der Waals surface area contributed by atoms with Crippen LogP contribution in [0.3, 0.4) is 0 Å². The minimum atomic E-state index is 0.748. The first kappa shape index (κ1) is 15.1. The number of benzene rings is 1. The van der Waals surface area contributed by atoms with Gasteiger partial charge in [0.15, 0.2) is 4.73 Å². The topological polar surface area (TPSA) is 49.9 Å². The number of rotatable bonds is 4. The van der Waals surface area contributed by atoms with Crippen molar-refractivity contribution in [1.82, 2.24) is 15.3 Å². The lowest BCUT2D eigenvalue weighted by Crippen LogP contribution is -2.07. The van der Waals surface area contributed by atoms with Crippen LogP contribution in [0.1, 0.15) is 22.4 Å². The van der Waals surface area contributed by atoms with E-state index in [2.05, 4.69) is 58.1 Å². The molecule has 0 fully saturated rings. The molecule has 20 heavy (non-hydrogen) atoms. The van der Waals surface area contributed by atoms with Gasteiger partial charge in [0.1, 0.15) is 5.75 Å². The molecule has 1 heterocycles. The van der Waals surface area contributed by atoms with Crippen LogP contribution in [0, 0.1) is 20.8 Å². The lowest BCUT2D eigenvalue weighted by molar-refractivity contribution is 0.408. The normalized spacial score (nSPS) is 10.9. The Bertz CT molecular complexity index is 635. The minimum absolute atomic E-state index is 0.748. The largest absolute Gasteiger partial charge is 0.496 e. The first-order chi connectivity index (χ1) is 9.49. The van der Waals surface area contributed by atoms with Gasteiger partial charge in [-0.25, -0.2) is 4.98 Å². The molecule has 1 aromatic carbocycles. The summed E-state index contributed by atoms with van der Waals surface area (Å²) in [7, 11) is 3.64. The van der Waals surface area contributed by atoms with Gasteiger partial charge in [0.05, 0.1) is 18.5 Å². The van der Waals surface area contributed by atoms with Gasteiger partial charge in [0.25, 0.3) is 0 Å². The Morgan fingerprint density at radius 1 is 1.30 bits per heavy atom. The number of methoxy groups -OCH3 is 1. The number of hydrogen-bond acceptors (Lipinski definition) is 3. The van der Waals surface area contributed by atoms with Gasteiger partial charge < -0.3 is 15.0 Å². The summed E-state index contributed by atoms with van der Waals surface area (Å²) in [5.41, 5.74) is 6.69. The van der Waals surface area contributed by atoms with Crippen LogP contribution in [-0.4, -0.2) is 24.1 Å². The van der Waals surface area contributed by atoms with E-state index in [0.717, 1.165) is 45.1 Å². The molecule has 108 valence electrons. The van der Waals surface area contributed by atoms with Gasteiger partial charge >= 0.3 is 0 Å². The van der Waals surface area contributed by atoms with Gasteiger partial charge in [-0.15, -0.1) is 0 Å². The van der Waals surface area contributed by atoms with E-state index in [1.807, 2.05) is 7.05 Å². The standard InChI is InChI=1S/C15H20BrN3O/c1-8-6-11(9(2)10(3)14(8)20-5)13-12(7-17-4)18-15(16)19-13/h6,17H,7H2,1-5H3,(H,18,19). The molecule has 0 atom stereocenters. The molecular weight excluding hydrogens is 318 g/mol. The molecule has 2 aromatic rings. The van der Waals surface area contributed by atoms with Crippen molar-refractivity contribution in [2.24, 2.45) is 0 Å². The third kappa shape index (κ3) is 2.60. The van der Waals surface area contributed by atoms with Crippen LogP contribution < -0.4 is 10.1 Å². The van der Waals surface area contributed by atoms with Crippen LogP contribution in [-0.2, 0) is 6.54 Å². The third-order valence-corrected chi connectivity index (χ3v) is 3.96. The Balaban J connectivity index is 2.64. The molecule has 0 unspecified atom stereocenters. The molecule has 0 saturated carbocycles. The Morgan fingerprint density at radius 2 is 2.00 bits per heavy atom. The summed E-state index contributed by atoms with van der Waals surface area (Å²) >= 11 is 3.42. The predicted octanol–water partition coefficient (Wildman–Crippen LogP) is 3.49. The zero-order valence-corrected chi connectivity index (χ0v) is 14.1. The van der Waals surface area contributed by atoms with Crippen LogP contribution in [0.2, 0.25) is 0 Å². The van der Waals surface area contributed by atoms with E-state index in [1.165, 1.54) is 5.56 Å². The van der Waals surface area contributed by atoms with Crippen LogP contribution in [0.5, 0.6) is 5.75 Å². The molecule has 2 N–H and O–H groups in total. The average Bonchev–Trinajstić information content (AvgIpc) is 2.76. The fourth-order valence-corrected chi connectivity index (χ4v) is 2.94. The van der Waals surface area contributed by atoms with E-state index in [0.29, 0.717) is 0 Å². The summed E-state index contributed by atoms with van der Waals surface area (Å²) in [6.45, 7) is 7.01. The quantitative estimate of drug-likeness (QED) is 0.897. The van der Waals surface area contributed by atoms with Gasteiger partial charge in [-0.2, -0.15) is 0 Å². The average molecular weight is 338 g/mol. The molecule has 2 rings (SSSR count). The fourth-order valence-electron chi connectivity index (χ4n) is 2.52. The smallest absolute Gasteiger partial charge is 0.175 e. The van der Waals surface area contributed by atoms with Crippen molar-refractivity contribution in [2.75, 3.05) is 14.2 Å². The summed E-state index contributed by atoms with van der Waals surface area (Å²) in [5.74, 6) is 0.955. The zero-order chi connectivity index (χ0) is 14.9. The summed E-state index contributed by atoms with van der Waals surface area (Å²) in [5, 5.41) is 3.16. The number of aryl methyl sites for hydroxylation is 1. The first-order valence-corrected chi connectivity index (χ1v) is 7.33. The molecule has 0 aliphatic rings. The Morgan fingerprint density at radius 3 is 2.60 bits per heavy atom. The molecule has 1 aromatic heterocycles. The number of nitrogens with zero attached hydrogens (tertiary/aromatic N) is 1. The number of hydrogen-bond donors (Lipinski definition) is 2. The highest BCUT2D eigenvalue weighted by Gasteiger charge is 2.17. The number of ether oxygens (including phenoxy) is 1. The first-order valence-electron chi connectivity index (χ1n) is 6.53. The second kappa shape index (κ2) is 5.97. The summed E-state index contributed by atoms with van der Waals surface area (Å²) in [6.07, 6.45) is 0. The highest BCUT2D eigenvalue weighted by molar-refractivity contribution is 9.10. The van der Waals surface area contributed by atoms with Crippen LogP contribution >= 0.6 is 15.9 Å². The Labute approximate surface area is 128 Å². The molecule has 0 spiro atoms. The van der Waals surface area contributed by atoms with E-state index in [-0.39, 0.29) is 0 Å². The zero-order valence-electron chi connectivity index (χ0n) is 12.5. The lowest BCUT2D eigenvalue weighted by Gasteiger charge is -2.15. The molecule has 0 saturated heterocycles. The van der Waals surface area contributed by atoms with Crippen molar-refractivity contribution in [3.8, 4) is 17.0 Å². The third-order valence-electron chi connectivity index (χ3n) is 3.59. The monoisotopic (exact) mass is 337 g/mol. The van der Waals surface area contributed by atoms with E-state index in [9.17, 15) is 0 Å². The van der Waals surface area contributed by atoms with Crippen molar-refractivity contribution < 1.29 is 4.74 Å². The predicted molar refractivity (Wildman–Crippen MR) is 85.3 cm³/mol. The van der Waals surface area contributed by atoms with Crippen molar-refractivity contribution in [1.29, 1.82) is 0 Å². The second-order valence-electron chi connectivity index (χ2n) is 4.91. The Hall–Kier alpha value is -1.33. The summed E-state index contributed by atoms with van der Waals surface area (Å²) < 4.78 is 6.23. The van der Waals surface area contributed by atoms with E-state index >= 15 is 0 Å². The number of H-pyrrole nitrogens is 1. The molecule has 4 nitrogen and oxygen atoms in total. The van der Waals surface area contributed by atoms with E-state index in [4.69, 9.17) is 4.74 Å². The van der Waals surface area contributed by atoms with E-state index in [1.54, 1.807) is 7.11 Å². The number of nitrogens with one attached hydrogen (secondary N) is 2. The van der Waals surface area contributed by atoms with Crippen LogP contribution in [0.25, 0.3) is 11.3 Å². The maximum atomic E-state index is 5.48. The maximum absolute atomic E-state index is 5.48. The van der Waals surface area contributed by atoms with Crippen molar-refractivity contribution in [2.45, 2.75) is 27.3 Å². The number of halogens is 1. The number of aromatic nitrogens is 2. The van der Waals surface area contributed by atoms with Crippen LogP contribution in [0.4, 0.5) is 0 Å². The van der Waals surface area contributed by atoms with Crippen molar-refractivity contribution >= 4 is 15.9 Å². The lowest BCUT2D eigenvalue weighted by atomic mass is 9.96. The van der Waals surface area contributed by atoms with Crippen molar-refractivity contribution in [3.05, 3.63) is 33.2 Å². The summed E-state index contributed by atoms with van der Waals surface area (Å²) in [6, 6.07) is 2.14. The molecule has 0 aliphatic carbocycles. The fraction of sp³-hybridized carbons (Fsp3) is 0.400. The highest BCUT2D eigenvalue weighted by Crippen LogP contribution is 2.35. The van der Waals surface area contributed by atoms with Crippen molar-refractivity contribution in [3.63, 3.8) is 0 Å². The molecule has 0 amide bonds. The Kier molecular flexibility index (Phi) is 4.50. The second-order valence-corrected chi connectivity index (χ2v) is 5.66. The molecule has 5 heteroatoms. The van der Waals surface area contributed by atoms with Crippen LogP contribution in [0.15, 0.2) is 10.8 Å². The van der Waals surface area contributed by atoms with Gasteiger partial charge in [0.2, 0.25) is 0 Å². The van der Waals surface area contributed by atoms with Gasteiger partial charge in [-0.3, -0.25) is 0 Å². The number of imidazole rings is 1. The molecular formula is C15H20BrN3O. The summed E-state index contributed by atoms with van der Waals surface area (Å²) in [4.78, 5) is 7.83. The molecule has 0 bridgehead atoms. The van der Waals surface area contributed by atoms with Gasteiger partial charge in [-0.05, 0) is 66.5 Å². The van der Waals surface area contributed by atoms with Gasteiger partial charge in [-0.1, -0.05) is 0 Å². The SMILES string of the molecule is CNCc1[nH]c(Br)nc1-c1cc(C)c(OC)c(C)c1C. The number of aromatic amines is 1. The minimum Gasteiger partial charge on any atom is -0.496 e. The maximum Gasteiger partial charge on any atom is 0.175 e. The molecule has 0 aliphatic heterocycles. The highest BCUT2D eigenvalue weighted by atomic mass is 79.9.